The standard InChI is InChI=1S/C19H16N2O5/c1-12-7-3-4-8-13(12)18(22)26-11-15-17(19(23)25-2)21(24)16-10-6-5-9-14(16)20-15/h3-10H,11H2,1-2H3. The third-order valence-corrected chi connectivity index (χ3v) is 3.92. The molecule has 0 radical (unpaired) electrons. The first-order valence-corrected chi connectivity index (χ1v) is 7.85. The highest BCUT2D eigenvalue weighted by Crippen LogP contribution is 2.15. The maximum atomic E-state index is 12.6. The van der Waals surface area contributed by atoms with E-state index in [1.807, 2.05) is 6.07 Å². The summed E-state index contributed by atoms with van der Waals surface area (Å²) in [6, 6.07) is 13.5. The van der Waals surface area contributed by atoms with E-state index >= 15 is 0 Å². The minimum Gasteiger partial charge on any atom is -0.618 e. The second-order valence-corrected chi connectivity index (χ2v) is 5.57. The highest BCUT2D eigenvalue weighted by Gasteiger charge is 2.28. The van der Waals surface area contributed by atoms with E-state index in [1.165, 1.54) is 7.11 Å². The van der Waals surface area contributed by atoms with E-state index in [4.69, 9.17) is 4.74 Å². The van der Waals surface area contributed by atoms with Gasteiger partial charge in [0, 0.05) is 6.07 Å². The minimum atomic E-state index is -0.847. The quantitative estimate of drug-likeness (QED) is 0.406. The number of hydrogen-bond donors (Lipinski definition) is 0. The van der Waals surface area contributed by atoms with Crippen LogP contribution in [0, 0.1) is 12.1 Å². The van der Waals surface area contributed by atoms with Crippen LogP contribution in [0.1, 0.15) is 32.1 Å². The van der Waals surface area contributed by atoms with Gasteiger partial charge in [-0.3, -0.25) is 0 Å². The lowest BCUT2D eigenvalue weighted by Crippen LogP contribution is -2.38. The number of carbonyl (C=O) groups is 2. The Bertz CT molecular complexity index is 1000. The van der Waals surface area contributed by atoms with Crippen LogP contribution in [0.15, 0.2) is 48.5 Å². The van der Waals surface area contributed by atoms with Crippen LogP contribution in [0.5, 0.6) is 0 Å². The molecule has 0 amide bonds. The molecule has 0 aliphatic carbocycles. The number of methoxy groups -OCH3 is 1. The molecule has 132 valence electrons. The number of benzene rings is 2. The summed E-state index contributed by atoms with van der Waals surface area (Å²) in [5.41, 5.74) is 1.51. The van der Waals surface area contributed by atoms with Crippen LogP contribution in [-0.4, -0.2) is 24.0 Å². The van der Waals surface area contributed by atoms with Gasteiger partial charge in [-0.25, -0.2) is 14.6 Å². The molecule has 0 saturated carbocycles. The molecule has 0 bridgehead atoms. The smallest absolute Gasteiger partial charge is 0.406 e. The summed E-state index contributed by atoms with van der Waals surface area (Å²) < 4.78 is 10.4. The second kappa shape index (κ2) is 7.18. The molecule has 0 saturated heterocycles. The van der Waals surface area contributed by atoms with Crippen molar-refractivity contribution in [3.8, 4) is 0 Å². The Labute approximate surface area is 149 Å². The monoisotopic (exact) mass is 352 g/mol. The number of rotatable bonds is 4. The van der Waals surface area contributed by atoms with E-state index in [0.717, 1.165) is 5.56 Å². The van der Waals surface area contributed by atoms with Crippen LogP contribution >= 0.6 is 0 Å². The number of aromatic nitrogens is 2. The van der Waals surface area contributed by atoms with Crippen LogP contribution in [0.3, 0.4) is 0 Å². The Kier molecular flexibility index (Phi) is 4.79. The Morgan fingerprint density at radius 3 is 2.50 bits per heavy atom. The summed E-state index contributed by atoms with van der Waals surface area (Å²) in [6.07, 6.45) is 0. The minimum absolute atomic E-state index is 0.0347. The fraction of sp³-hybridized carbons (Fsp3) is 0.158. The van der Waals surface area contributed by atoms with Crippen molar-refractivity contribution in [1.29, 1.82) is 0 Å². The first-order valence-electron chi connectivity index (χ1n) is 7.85. The molecule has 1 heterocycles. The fourth-order valence-corrected chi connectivity index (χ4v) is 2.58. The van der Waals surface area contributed by atoms with Crippen molar-refractivity contribution in [2.24, 2.45) is 0 Å². The van der Waals surface area contributed by atoms with Crippen molar-refractivity contribution >= 4 is 23.0 Å². The van der Waals surface area contributed by atoms with Gasteiger partial charge >= 0.3 is 17.6 Å². The molecule has 7 nitrogen and oxygen atoms in total. The lowest BCUT2D eigenvalue weighted by molar-refractivity contribution is -0.581. The fourth-order valence-electron chi connectivity index (χ4n) is 2.58. The Morgan fingerprint density at radius 1 is 1.08 bits per heavy atom. The van der Waals surface area contributed by atoms with Crippen molar-refractivity contribution in [3.05, 3.63) is 76.3 Å². The van der Waals surface area contributed by atoms with Gasteiger partial charge in [-0.05, 0) is 24.6 Å². The normalized spacial score (nSPS) is 10.5. The number of esters is 2. The highest BCUT2D eigenvalue weighted by atomic mass is 16.5. The van der Waals surface area contributed by atoms with Crippen molar-refractivity contribution in [1.82, 2.24) is 4.98 Å². The van der Waals surface area contributed by atoms with Crippen LogP contribution in [0.2, 0.25) is 0 Å². The Hall–Kier alpha value is -3.48. The number of nitrogens with zero attached hydrogens (tertiary/aromatic N) is 2. The summed E-state index contributed by atoms with van der Waals surface area (Å²) >= 11 is 0. The molecule has 0 spiro atoms. The lowest BCUT2D eigenvalue weighted by atomic mass is 10.1. The summed E-state index contributed by atoms with van der Waals surface area (Å²) in [5.74, 6) is -1.41. The van der Waals surface area contributed by atoms with Crippen molar-refractivity contribution in [2.75, 3.05) is 7.11 Å². The average molecular weight is 352 g/mol. The molecule has 26 heavy (non-hydrogen) atoms. The topological polar surface area (TPSA) is 92.4 Å². The Morgan fingerprint density at radius 2 is 1.77 bits per heavy atom. The summed E-state index contributed by atoms with van der Waals surface area (Å²) in [6.45, 7) is 1.46. The van der Waals surface area contributed by atoms with Gasteiger partial charge in [0.05, 0.1) is 12.7 Å². The van der Waals surface area contributed by atoms with Gasteiger partial charge in [-0.1, -0.05) is 30.3 Å². The zero-order valence-electron chi connectivity index (χ0n) is 14.3. The summed E-state index contributed by atoms with van der Waals surface area (Å²) in [5, 5.41) is 12.6. The molecule has 3 aromatic rings. The van der Waals surface area contributed by atoms with Crippen LogP contribution in [-0.2, 0) is 16.1 Å². The predicted molar refractivity (Wildman–Crippen MR) is 92.3 cm³/mol. The van der Waals surface area contributed by atoms with Gasteiger partial charge in [0.15, 0.2) is 5.69 Å². The van der Waals surface area contributed by atoms with Crippen molar-refractivity contribution < 1.29 is 23.8 Å². The first kappa shape index (κ1) is 17.3. The number of ether oxygens (including phenoxy) is 2. The van der Waals surface area contributed by atoms with Crippen LogP contribution in [0.4, 0.5) is 0 Å². The molecular weight excluding hydrogens is 336 g/mol. The summed E-state index contributed by atoms with van der Waals surface area (Å²) in [4.78, 5) is 28.6. The average Bonchev–Trinajstić information content (AvgIpc) is 2.66. The van der Waals surface area contributed by atoms with E-state index < -0.39 is 11.9 Å². The first-order chi connectivity index (χ1) is 12.5. The number of aryl methyl sites for hydroxylation is 1. The Balaban J connectivity index is 1.97. The van der Waals surface area contributed by atoms with Crippen LogP contribution in [0.25, 0.3) is 11.0 Å². The number of hydrogen-bond acceptors (Lipinski definition) is 6. The highest BCUT2D eigenvalue weighted by molar-refractivity contribution is 5.91. The molecule has 0 unspecified atom stereocenters. The molecule has 7 heteroatoms. The van der Waals surface area contributed by atoms with Gasteiger partial charge in [-0.2, -0.15) is 4.73 Å². The molecule has 1 aromatic heterocycles. The van der Waals surface area contributed by atoms with Crippen molar-refractivity contribution in [3.63, 3.8) is 0 Å². The SMILES string of the molecule is COC(=O)c1c(COC(=O)c2ccccc2C)nc2ccccc2[n+]1[O-]. The molecule has 0 fully saturated rings. The van der Waals surface area contributed by atoms with Gasteiger partial charge in [0.25, 0.3) is 0 Å². The van der Waals surface area contributed by atoms with E-state index in [2.05, 4.69) is 9.72 Å². The van der Waals surface area contributed by atoms with Crippen molar-refractivity contribution in [2.45, 2.75) is 13.5 Å². The van der Waals surface area contributed by atoms with Gasteiger partial charge in [0.1, 0.15) is 12.1 Å². The third-order valence-electron chi connectivity index (χ3n) is 3.92. The van der Waals surface area contributed by atoms with Gasteiger partial charge < -0.3 is 14.7 Å². The predicted octanol–water partition coefficient (Wildman–Crippen LogP) is 2.32. The maximum absolute atomic E-state index is 12.6. The molecule has 3 rings (SSSR count). The van der Waals surface area contributed by atoms with Gasteiger partial charge in [0.2, 0.25) is 5.52 Å². The van der Waals surface area contributed by atoms with Gasteiger partial charge in [-0.15, -0.1) is 0 Å². The largest absolute Gasteiger partial charge is 0.618 e. The number of carbonyl (C=O) groups excluding carboxylic acids is 2. The molecule has 0 aliphatic heterocycles. The number of fused-ring (bicyclic) bond motifs is 1. The molecule has 0 aliphatic rings. The maximum Gasteiger partial charge on any atom is 0.406 e. The molecule has 0 atom stereocenters. The van der Waals surface area contributed by atoms with E-state index in [1.54, 1.807) is 49.4 Å². The summed E-state index contributed by atoms with van der Waals surface area (Å²) in [7, 11) is 1.17. The van der Waals surface area contributed by atoms with Crippen LogP contribution < -0.4 is 4.73 Å². The van der Waals surface area contributed by atoms with E-state index in [9.17, 15) is 14.8 Å². The molecular formula is C19H16N2O5. The third kappa shape index (κ3) is 3.19. The van der Waals surface area contributed by atoms with E-state index in [-0.39, 0.29) is 23.5 Å². The second-order valence-electron chi connectivity index (χ2n) is 5.57. The zero-order valence-corrected chi connectivity index (χ0v) is 14.3. The number of para-hydroxylation sites is 2. The molecule has 0 N–H and O–H groups in total. The zero-order chi connectivity index (χ0) is 18.7. The van der Waals surface area contributed by atoms with E-state index in [0.29, 0.717) is 15.8 Å². The lowest BCUT2D eigenvalue weighted by Gasteiger charge is -2.11. The molecule has 2 aromatic carbocycles.